The quantitative estimate of drug-likeness (QED) is 0.519. The van der Waals surface area contributed by atoms with Crippen LogP contribution in [-0.2, 0) is 14.6 Å². The molecule has 1 aliphatic rings. The van der Waals surface area contributed by atoms with Crippen LogP contribution >= 0.6 is 0 Å². The van der Waals surface area contributed by atoms with E-state index in [1.165, 1.54) is 6.92 Å². The number of carbonyl (C=O) groups is 1. The fourth-order valence-corrected chi connectivity index (χ4v) is 2.97. The summed E-state index contributed by atoms with van der Waals surface area (Å²) in [4.78, 5) is 10.5. The van der Waals surface area contributed by atoms with E-state index in [2.05, 4.69) is 5.32 Å². The molecule has 1 rings (SSSR count). The maximum absolute atomic E-state index is 10.9. The van der Waals surface area contributed by atoms with E-state index in [9.17, 15) is 18.3 Å². The van der Waals surface area contributed by atoms with Gasteiger partial charge in [0.15, 0.2) is 9.84 Å². The van der Waals surface area contributed by atoms with Gasteiger partial charge in [0.1, 0.15) is 0 Å². The van der Waals surface area contributed by atoms with Crippen molar-refractivity contribution in [2.24, 2.45) is 0 Å². The van der Waals surface area contributed by atoms with E-state index < -0.39 is 22.0 Å². The molecule has 0 radical (unpaired) electrons. The molecule has 0 aromatic rings. The maximum Gasteiger partial charge on any atom is 0.217 e. The molecule has 1 fully saturated rings. The second kappa shape index (κ2) is 3.02. The predicted molar refractivity (Wildman–Crippen MR) is 42.3 cm³/mol. The third-order valence-electron chi connectivity index (χ3n) is 1.71. The number of hydrogen-bond acceptors (Lipinski definition) is 4. The van der Waals surface area contributed by atoms with Gasteiger partial charge < -0.3 is 10.4 Å². The van der Waals surface area contributed by atoms with E-state index in [-0.39, 0.29) is 17.4 Å². The van der Waals surface area contributed by atoms with Gasteiger partial charge in [0, 0.05) is 6.92 Å². The van der Waals surface area contributed by atoms with E-state index in [0.29, 0.717) is 0 Å². The van der Waals surface area contributed by atoms with Gasteiger partial charge >= 0.3 is 0 Å². The van der Waals surface area contributed by atoms with Gasteiger partial charge in [-0.05, 0) is 0 Å². The molecule has 70 valence electrons. The lowest BCUT2D eigenvalue weighted by Crippen LogP contribution is -2.41. The highest BCUT2D eigenvalue weighted by Crippen LogP contribution is 2.11. The summed E-state index contributed by atoms with van der Waals surface area (Å²) in [7, 11) is -3.16. The molecular weight excluding hydrogens is 182 g/mol. The molecule has 12 heavy (non-hydrogen) atoms. The Hall–Kier alpha value is -0.620. The summed E-state index contributed by atoms with van der Waals surface area (Å²) in [5, 5.41) is 11.6. The minimum atomic E-state index is -3.16. The van der Waals surface area contributed by atoms with Gasteiger partial charge in [-0.15, -0.1) is 0 Å². The fraction of sp³-hybridized carbons (Fsp3) is 0.833. The Balaban J connectivity index is 2.64. The Kier molecular flexibility index (Phi) is 2.39. The van der Waals surface area contributed by atoms with Crippen molar-refractivity contribution in [1.82, 2.24) is 5.32 Å². The second-order valence-electron chi connectivity index (χ2n) is 2.95. The summed E-state index contributed by atoms with van der Waals surface area (Å²) < 4.78 is 21.8. The minimum Gasteiger partial charge on any atom is -0.390 e. The van der Waals surface area contributed by atoms with Crippen LogP contribution < -0.4 is 5.32 Å². The Morgan fingerprint density at radius 1 is 1.50 bits per heavy atom. The molecular formula is C6H11NO4S. The van der Waals surface area contributed by atoms with Crippen molar-refractivity contribution in [3.63, 3.8) is 0 Å². The molecule has 0 spiro atoms. The molecule has 6 heteroatoms. The zero-order valence-corrected chi connectivity index (χ0v) is 7.47. The summed E-state index contributed by atoms with van der Waals surface area (Å²) in [6.45, 7) is 1.29. The standard InChI is InChI=1S/C6H11NO4S/c1-4(8)7-5-2-12(10,11)3-6(5)9/h5-6,9H,2-3H2,1H3,(H,7,8). The van der Waals surface area contributed by atoms with Crippen molar-refractivity contribution in [3.8, 4) is 0 Å². The number of amides is 1. The van der Waals surface area contributed by atoms with Crippen molar-refractivity contribution < 1.29 is 18.3 Å². The number of carbonyl (C=O) groups excluding carboxylic acids is 1. The molecule has 1 saturated heterocycles. The Morgan fingerprint density at radius 2 is 2.08 bits per heavy atom. The van der Waals surface area contributed by atoms with Gasteiger partial charge in [0.25, 0.3) is 0 Å². The van der Waals surface area contributed by atoms with E-state index in [1.54, 1.807) is 0 Å². The first-order valence-electron chi connectivity index (χ1n) is 3.56. The lowest BCUT2D eigenvalue weighted by molar-refractivity contribution is -0.120. The molecule has 2 atom stereocenters. The first-order chi connectivity index (χ1) is 5.41. The number of aliphatic hydroxyl groups excluding tert-OH is 1. The van der Waals surface area contributed by atoms with Crippen molar-refractivity contribution in [2.45, 2.75) is 19.1 Å². The minimum absolute atomic E-state index is 0.159. The Labute approximate surface area is 70.7 Å². The predicted octanol–water partition coefficient (Wildman–Crippen LogP) is -1.72. The van der Waals surface area contributed by atoms with E-state index in [1.807, 2.05) is 0 Å². The summed E-state index contributed by atoms with van der Waals surface area (Å²) in [6.07, 6.45) is -0.959. The van der Waals surface area contributed by atoms with Crippen LogP contribution in [0.1, 0.15) is 6.92 Å². The summed E-state index contributed by atoms with van der Waals surface area (Å²) >= 11 is 0. The molecule has 1 aliphatic heterocycles. The summed E-state index contributed by atoms with van der Waals surface area (Å²) in [5.41, 5.74) is 0. The maximum atomic E-state index is 10.9. The van der Waals surface area contributed by atoms with Crippen LogP contribution in [0, 0.1) is 0 Å². The number of nitrogens with one attached hydrogen (secondary N) is 1. The third kappa shape index (κ3) is 2.18. The average molecular weight is 193 g/mol. The van der Waals surface area contributed by atoms with Crippen molar-refractivity contribution in [3.05, 3.63) is 0 Å². The SMILES string of the molecule is CC(=O)NC1CS(=O)(=O)CC1O. The van der Waals surface area contributed by atoms with Gasteiger partial charge in [0.2, 0.25) is 5.91 Å². The molecule has 0 aromatic carbocycles. The average Bonchev–Trinajstić information content (AvgIpc) is 2.03. The smallest absolute Gasteiger partial charge is 0.217 e. The van der Waals surface area contributed by atoms with Gasteiger partial charge in [0.05, 0.1) is 23.7 Å². The zero-order chi connectivity index (χ0) is 9.35. The zero-order valence-electron chi connectivity index (χ0n) is 6.65. The number of aliphatic hydroxyl groups is 1. The van der Waals surface area contributed by atoms with E-state index in [4.69, 9.17) is 0 Å². The number of hydrogen-bond donors (Lipinski definition) is 2. The second-order valence-corrected chi connectivity index (χ2v) is 5.11. The highest BCUT2D eigenvalue weighted by molar-refractivity contribution is 7.91. The molecule has 2 unspecified atom stereocenters. The van der Waals surface area contributed by atoms with Crippen LogP contribution in [0.25, 0.3) is 0 Å². The molecule has 2 N–H and O–H groups in total. The van der Waals surface area contributed by atoms with Crippen LogP contribution in [0.3, 0.4) is 0 Å². The summed E-state index contributed by atoms with van der Waals surface area (Å²) in [5.74, 6) is -0.734. The van der Waals surface area contributed by atoms with E-state index in [0.717, 1.165) is 0 Å². The molecule has 1 heterocycles. The Bertz CT molecular complexity index is 284. The molecule has 0 aliphatic carbocycles. The molecule has 0 saturated carbocycles. The molecule has 5 nitrogen and oxygen atoms in total. The van der Waals surface area contributed by atoms with Crippen molar-refractivity contribution in [1.29, 1.82) is 0 Å². The molecule has 0 bridgehead atoms. The lowest BCUT2D eigenvalue weighted by atomic mass is 10.2. The van der Waals surface area contributed by atoms with Gasteiger partial charge in [-0.3, -0.25) is 4.79 Å². The van der Waals surface area contributed by atoms with Crippen LogP contribution in [0.4, 0.5) is 0 Å². The highest BCUT2D eigenvalue weighted by Gasteiger charge is 2.36. The monoisotopic (exact) mass is 193 g/mol. The van der Waals surface area contributed by atoms with E-state index >= 15 is 0 Å². The van der Waals surface area contributed by atoms with Gasteiger partial charge in [-0.1, -0.05) is 0 Å². The van der Waals surface area contributed by atoms with Crippen LogP contribution in [0.2, 0.25) is 0 Å². The topological polar surface area (TPSA) is 83.5 Å². The van der Waals surface area contributed by atoms with Crippen LogP contribution in [0.5, 0.6) is 0 Å². The number of rotatable bonds is 1. The van der Waals surface area contributed by atoms with Gasteiger partial charge in [-0.2, -0.15) is 0 Å². The van der Waals surface area contributed by atoms with Crippen molar-refractivity contribution in [2.75, 3.05) is 11.5 Å². The Morgan fingerprint density at radius 3 is 2.42 bits per heavy atom. The van der Waals surface area contributed by atoms with Gasteiger partial charge in [-0.25, -0.2) is 8.42 Å². The number of sulfone groups is 1. The summed E-state index contributed by atoms with van der Waals surface area (Å²) in [6, 6.07) is -0.632. The molecule has 0 aromatic heterocycles. The lowest BCUT2D eigenvalue weighted by Gasteiger charge is -2.12. The van der Waals surface area contributed by atoms with Crippen LogP contribution in [0.15, 0.2) is 0 Å². The normalized spacial score (nSPS) is 33.2. The van der Waals surface area contributed by atoms with Crippen molar-refractivity contribution >= 4 is 15.7 Å². The highest BCUT2D eigenvalue weighted by atomic mass is 32.2. The van der Waals surface area contributed by atoms with Crippen LogP contribution in [-0.4, -0.2) is 43.1 Å². The fourth-order valence-electron chi connectivity index (χ4n) is 1.23. The largest absolute Gasteiger partial charge is 0.390 e. The third-order valence-corrected chi connectivity index (χ3v) is 3.43. The first-order valence-corrected chi connectivity index (χ1v) is 5.38. The molecule has 1 amide bonds. The first kappa shape index (κ1) is 9.47.